The summed E-state index contributed by atoms with van der Waals surface area (Å²) in [7, 11) is -3.48. The number of amides is 1. The second-order valence-corrected chi connectivity index (χ2v) is 8.63. The molecule has 2 N–H and O–H groups in total. The first-order chi connectivity index (χ1) is 12.0. The van der Waals surface area contributed by atoms with Crippen LogP contribution in [0.2, 0.25) is 0 Å². The minimum absolute atomic E-state index is 0.134. The molecular weight excluding hydrogens is 342 g/mol. The number of aromatic hydroxyl groups is 1. The van der Waals surface area contributed by atoms with Crippen LogP contribution in [0.1, 0.15) is 32.1 Å². The SMILES string of the molecule is O=C(Nc1ccc(O)cc1)C1CCCN(S(=O)(=O)N2CCCCC2)C1. The summed E-state index contributed by atoms with van der Waals surface area (Å²) in [5.41, 5.74) is 0.596. The molecule has 2 aliphatic heterocycles. The zero-order valence-electron chi connectivity index (χ0n) is 14.2. The molecule has 138 valence electrons. The van der Waals surface area contributed by atoms with E-state index in [1.54, 1.807) is 16.4 Å². The van der Waals surface area contributed by atoms with Gasteiger partial charge in [0.25, 0.3) is 10.2 Å². The number of carbonyl (C=O) groups excluding carboxylic acids is 1. The predicted octanol–water partition coefficient (Wildman–Crippen LogP) is 1.77. The molecule has 1 unspecified atom stereocenters. The molecule has 0 spiro atoms. The van der Waals surface area contributed by atoms with Gasteiger partial charge in [0.15, 0.2) is 0 Å². The fraction of sp³-hybridized carbons (Fsp3) is 0.588. The number of hydrogen-bond donors (Lipinski definition) is 2. The first-order valence-corrected chi connectivity index (χ1v) is 10.2. The Morgan fingerprint density at radius 2 is 1.64 bits per heavy atom. The van der Waals surface area contributed by atoms with Crippen LogP contribution in [0.5, 0.6) is 5.75 Å². The van der Waals surface area contributed by atoms with Gasteiger partial charge in [0.2, 0.25) is 5.91 Å². The maximum Gasteiger partial charge on any atom is 0.281 e. The number of piperidine rings is 2. The number of phenols is 1. The summed E-state index contributed by atoms with van der Waals surface area (Å²) in [5, 5.41) is 12.1. The minimum atomic E-state index is -3.48. The highest BCUT2D eigenvalue weighted by Gasteiger charge is 2.36. The Bertz CT molecular complexity index is 699. The highest BCUT2D eigenvalue weighted by atomic mass is 32.2. The maximum atomic E-state index is 12.8. The molecule has 1 atom stereocenters. The van der Waals surface area contributed by atoms with E-state index >= 15 is 0 Å². The number of nitrogens with zero attached hydrogens (tertiary/aromatic N) is 2. The van der Waals surface area contributed by atoms with Gasteiger partial charge in [0.05, 0.1) is 5.92 Å². The van der Waals surface area contributed by atoms with Gasteiger partial charge in [-0.15, -0.1) is 0 Å². The van der Waals surface area contributed by atoms with Crippen molar-refractivity contribution in [1.82, 2.24) is 8.61 Å². The Balaban J connectivity index is 1.63. The van der Waals surface area contributed by atoms with Gasteiger partial charge in [-0.2, -0.15) is 17.0 Å². The van der Waals surface area contributed by atoms with E-state index < -0.39 is 10.2 Å². The smallest absolute Gasteiger partial charge is 0.281 e. The Hall–Kier alpha value is -1.64. The van der Waals surface area contributed by atoms with E-state index in [2.05, 4.69) is 5.32 Å². The van der Waals surface area contributed by atoms with Crippen LogP contribution in [0, 0.1) is 5.92 Å². The summed E-state index contributed by atoms with van der Waals surface area (Å²) in [6.07, 6.45) is 4.23. The molecule has 3 rings (SSSR count). The average molecular weight is 367 g/mol. The van der Waals surface area contributed by atoms with Gasteiger partial charge in [-0.3, -0.25) is 4.79 Å². The third-order valence-corrected chi connectivity index (χ3v) is 6.86. The molecule has 0 aromatic heterocycles. The van der Waals surface area contributed by atoms with Gasteiger partial charge in [0, 0.05) is 31.9 Å². The first kappa shape index (κ1) is 18.2. The van der Waals surface area contributed by atoms with Crippen molar-refractivity contribution in [2.24, 2.45) is 5.92 Å². The van der Waals surface area contributed by atoms with Crippen LogP contribution in [0.4, 0.5) is 5.69 Å². The molecule has 1 aromatic carbocycles. The molecular formula is C17H25N3O4S. The zero-order valence-corrected chi connectivity index (χ0v) is 15.0. The largest absolute Gasteiger partial charge is 0.508 e. The van der Waals surface area contributed by atoms with Gasteiger partial charge in [-0.1, -0.05) is 6.42 Å². The van der Waals surface area contributed by atoms with E-state index in [0.29, 0.717) is 38.2 Å². The molecule has 0 bridgehead atoms. The number of anilines is 1. The van der Waals surface area contributed by atoms with E-state index in [4.69, 9.17) is 0 Å². The average Bonchev–Trinajstić information content (AvgIpc) is 2.64. The normalized spacial score (nSPS) is 23.3. The van der Waals surface area contributed by atoms with Crippen molar-refractivity contribution in [2.45, 2.75) is 32.1 Å². The van der Waals surface area contributed by atoms with Crippen LogP contribution in [0.25, 0.3) is 0 Å². The third-order valence-electron chi connectivity index (χ3n) is 4.86. The summed E-state index contributed by atoms with van der Waals surface area (Å²) < 4.78 is 28.6. The first-order valence-electron chi connectivity index (χ1n) is 8.82. The fourth-order valence-electron chi connectivity index (χ4n) is 3.41. The molecule has 8 heteroatoms. The van der Waals surface area contributed by atoms with E-state index in [1.807, 2.05) is 0 Å². The van der Waals surface area contributed by atoms with Crippen LogP contribution in [-0.2, 0) is 15.0 Å². The van der Waals surface area contributed by atoms with Crippen LogP contribution in [-0.4, -0.2) is 54.2 Å². The van der Waals surface area contributed by atoms with Gasteiger partial charge >= 0.3 is 0 Å². The summed E-state index contributed by atoms with van der Waals surface area (Å²) in [4.78, 5) is 12.5. The third kappa shape index (κ3) is 4.31. The van der Waals surface area contributed by atoms with Gasteiger partial charge < -0.3 is 10.4 Å². The number of nitrogens with one attached hydrogen (secondary N) is 1. The lowest BCUT2D eigenvalue weighted by atomic mass is 9.99. The standard InChI is InChI=1S/C17H25N3O4S/c21-16-8-6-15(7-9-16)18-17(22)14-5-4-12-20(13-14)25(23,24)19-10-2-1-3-11-19/h6-9,14,21H,1-5,10-13H2,(H,18,22). The molecule has 1 aromatic rings. The van der Waals surface area contributed by atoms with Crippen molar-refractivity contribution in [2.75, 3.05) is 31.5 Å². The van der Waals surface area contributed by atoms with Crippen LogP contribution in [0.3, 0.4) is 0 Å². The molecule has 0 aliphatic carbocycles. The summed E-state index contributed by atoms with van der Waals surface area (Å²) in [6, 6.07) is 6.25. The maximum absolute atomic E-state index is 12.8. The van der Waals surface area contributed by atoms with Crippen LogP contribution >= 0.6 is 0 Å². The second kappa shape index (κ2) is 7.72. The second-order valence-electron chi connectivity index (χ2n) is 6.70. The van der Waals surface area contributed by atoms with Gasteiger partial charge in [0.1, 0.15) is 5.75 Å². The molecule has 0 radical (unpaired) electrons. The fourth-order valence-corrected chi connectivity index (χ4v) is 5.19. The number of hydrogen-bond acceptors (Lipinski definition) is 4. The summed E-state index contributed by atoms with van der Waals surface area (Å²) in [6.45, 7) is 1.84. The Morgan fingerprint density at radius 1 is 1.00 bits per heavy atom. The van der Waals surface area contributed by atoms with Crippen molar-refractivity contribution in [3.63, 3.8) is 0 Å². The number of benzene rings is 1. The van der Waals surface area contributed by atoms with Gasteiger partial charge in [-0.25, -0.2) is 0 Å². The van der Waals surface area contributed by atoms with Crippen molar-refractivity contribution >= 4 is 21.8 Å². The lowest BCUT2D eigenvalue weighted by Gasteiger charge is -2.36. The van der Waals surface area contributed by atoms with Crippen LogP contribution in [0.15, 0.2) is 24.3 Å². The lowest BCUT2D eigenvalue weighted by Crippen LogP contribution is -2.50. The van der Waals surface area contributed by atoms with E-state index in [-0.39, 0.29) is 24.1 Å². The highest BCUT2D eigenvalue weighted by Crippen LogP contribution is 2.24. The molecule has 2 saturated heterocycles. The molecule has 2 heterocycles. The molecule has 2 aliphatic rings. The van der Waals surface area contributed by atoms with Crippen molar-refractivity contribution < 1.29 is 18.3 Å². The number of carbonyl (C=O) groups is 1. The Kier molecular flexibility index (Phi) is 5.61. The van der Waals surface area contributed by atoms with Gasteiger partial charge in [-0.05, 0) is 49.9 Å². The summed E-state index contributed by atoms with van der Waals surface area (Å²) >= 11 is 0. The Morgan fingerprint density at radius 3 is 2.32 bits per heavy atom. The lowest BCUT2D eigenvalue weighted by molar-refractivity contribution is -0.120. The van der Waals surface area contributed by atoms with Crippen LogP contribution < -0.4 is 5.32 Å². The molecule has 1 amide bonds. The van der Waals surface area contributed by atoms with Crippen molar-refractivity contribution in [3.05, 3.63) is 24.3 Å². The number of rotatable bonds is 4. The van der Waals surface area contributed by atoms with Crippen molar-refractivity contribution in [1.29, 1.82) is 0 Å². The highest BCUT2D eigenvalue weighted by molar-refractivity contribution is 7.86. The summed E-state index contributed by atoms with van der Waals surface area (Å²) in [5.74, 6) is -0.402. The molecule has 2 fully saturated rings. The molecule has 25 heavy (non-hydrogen) atoms. The topological polar surface area (TPSA) is 90.0 Å². The van der Waals surface area contributed by atoms with E-state index in [1.165, 1.54) is 16.4 Å². The minimum Gasteiger partial charge on any atom is -0.508 e. The predicted molar refractivity (Wildman–Crippen MR) is 95.4 cm³/mol. The van der Waals surface area contributed by atoms with Crippen molar-refractivity contribution in [3.8, 4) is 5.75 Å². The Labute approximate surface area is 148 Å². The molecule has 0 saturated carbocycles. The zero-order chi connectivity index (χ0) is 17.9. The molecule has 7 nitrogen and oxygen atoms in total. The van der Waals surface area contributed by atoms with E-state index in [9.17, 15) is 18.3 Å². The monoisotopic (exact) mass is 367 g/mol. The quantitative estimate of drug-likeness (QED) is 0.794. The van der Waals surface area contributed by atoms with E-state index in [0.717, 1.165) is 19.3 Å². The number of phenolic OH excluding ortho intramolecular Hbond substituents is 1.